The van der Waals surface area contributed by atoms with Gasteiger partial charge in [0.05, 0.1) is 5.69 Å². The molecular formula is C20H20N2O2S. The summed E-state index contributed by atoms with van der Waals surface area (Å²) in [5.41, 5.74) is 11.5. The summed E-state index contributed by atoms with van der Waals surface area (Å²) in [4.78, 5) is 18.7. The van der Waals surface area contributed by atoms with Gasteiger partial charge in [-0.05, 0) is 62.3 Å². The summed E-state index contributed by atoms with van der Waals surface area (Å²) < 4.78 is 5.58. The first kappa shape index (κ1) is 16.1. The minimum atomic E-state index is -0.406. The van der Waals surface area contributed by atoms with Crippen LogP contribution in [0.3, 0.4) is 0 Å². The van der Waals surface area contributed by atoms with Gasteiger partial charge in [-0.15, -0.1) is 11.3 Å². The molecule has 0 spiro atoms. The highest BCUT2D eigenvalue weighted by Gasteiger charge is 2.25. The molecule has 4 nitrogen and oxygen atoms in total. The zero-order valence-electron chi connectivity index (χ0n) is 14.4. The number of nitrogens with zero attached hydrogens (tertiary/aromatic N) is 1. The van der Waals surface area contributed by atoms with E-state index in [1.165, 1.54) is 28.9 Å². The molecule has 0 radical (unpaired) electrons. The fraction of sp³-hybridized carbons (Fsp3) is 0.300. The van der Waals surface area contributed by atoms with E-state index in [1.807, 2.05) is 32.0 Å². The maximum atomic E-state index is 12.7. The molecule has 0 amide bonds. The van der Waals surface area contributed by atoms with Crippen LogP contribution in [0.1, 0.15) is 44.9 Å². The molecule has 0 saturated heterocycles. The van der Waals surface area contributed by atoms with Crippen LogP contribution < -0.4 is 10.5 Å². The quantitative estimate of drug-likeness (QED) is 0.541. The predicted molar refractivity (Wildman–Crippen MR) is 102 cm³/mol. The number of ether oxygens (including phenoxy) is 1. The van der Waals surface area contributed by atoms with Gasteiger partial charge in [-0.2, -0.15) is 0 Å². The van der Waals surface area contributed by atoms with Gasteiger partial charge in [0, 0.05) is 11.1 Å². The molecule has 4 rings (SSSR count). The summed E-state index contributed by atoms with van der Waals surface area (Å²) in [7, 11) is 0. The Hall–Kier alpha value is -2.40. The van der Waals surface area contributed by atoms with Crippen LogP contribution in [-0.2, 0) is 12.8 Å². The van der Waals surface area contributed by atoms with Gasteiger partial charge in [-0.3, -0.25) is 0 Å². The number of esters is 1. The predicted octanol–water partition coefficient (Wildman–Crippen LogP) is 4.59. The lowest BCUT2D eigenvalue weighted by atomic mass is 9.89. The zero-order chi connectivity index (χ0) is 17.6. The number of para-hydroxylation sites is 1. The van der Waals surface area contributed by atoms with Crippen molar-refractivity contribution in [3.05, 3.63) is 51.5 Å². The Labute approximate surface area is 150 Å². The number of hydrogen-bond donors (Lipinski definition) is 1. The van der Waals surface area contributed by atoms with Crippen LogP contribution in [-0.4, -0.2) is 11.0 Å². The smallest absolute Gasteiger partial charge is 0.355 e. The second-order valence-electron chi connectivity index (χ2n) is 6.54. The van der Waals surface area contributed by atoms with Gasteiger partial charge in [-0.1, -0.05) is 18.2 Å². The van der Waals surface area contributed by atoms with Crippen LogP contribution in [0.2, 0.25) is 0 Å². The highest BCUT2D eigenvalue weighted by atomic mass is 32.1. The average Bonchev–Trinajstić information content (AvgIpc) is 2.94. The Balaban J connectivity index is 1.79. The highest BCUT2D eigenvalue weighted by Crippen LogP contribution is 2.40. The third-order valence-corrected chi connectivity index (χ3v) is 5.96. The van der Waals surface area contributed by atoms with Gasteiger partial charge in [0.2, 0.25) is 0 Å². The second-order valence-corrected chi connectivity index (χ2v) is 7.54. The van der Waals surface area contributed by atoms with Crippen molar-refractivity contribution in [2.45, 2.75) is 39.5 Å². The molecule has 2 N–H and O–H groups in total. The largest absolute Gasteiger partial charge is 0.422 e. The SMILES string of the molecule is Cc1ccccc1OC(=O)c1sc2nc(C)c3c(c2c1N)CCCC3. The van der Waals surface area contributed by atoms with E-state index < -0.39 is 5.97 Å². The average molecular weight is 352 g/mol. The number of nitrogens with two attached hydrogens (primary N) is 1. The van der Waals surface area contributed by atoms with Gasteiger partial charge in [0.25, 0.3) is 0 Å². The third-order valence-electron chi connectivity index (χ3n) is 4.88. The van der Waals surface area contributed by atoms with Crippen LogP contribution >= 0.6 is 11.3 Å². The van der Waals surface area contributed by atoms with Crippen molar-refractivity contribution in [2.75, 3.05) is 5.73 Å². The summed E-state index contributed by atoms with van der Waals surface area (Å²) in [5, 5.41) is 0.960. The van der Waals surface area contributed by atoms with E-state index in [9.17, 15) is 4.79 Å². The van der Waals surface area contributed by atoms with Gasteiger partial charge in [0.15, 0.2) is 0 Å². The Morgan fingerprint density at radius 2 is 1.88 bits per heavy atom. The van der Waals surface area contributed by atoms with Gasteiger partial charge < -0.3 is 10.5 Å². The molecular weight excluding hydrogens is 332 g/mol. The number of pyridine rings is 1. The molecule has 1 aromatic carbocycles. The molecule has 0 unspecified atom stereocenters. The monoisotopic (exact) mass is 352 g/mol. The van der Waals surface area contributed by atoms with Crippen molar-refractivity contribution in [1.82, 2.24) is 4.98 Å². The van der Waals surface area contributed by atoms with E-state index in [2.05, 4.69) is 0 Å². The lowest BCUT2D eigenvalue weighted by Gasteiger charge is -2.18. The summed E-state index contributed by atoms with van der Waals surface area (Å²) >= 11 is 1.33. The van der Waals surface area contributed by atoms with Gasteiger partial charge in [-0.25, -0.2) is 9.78 Å². The molecule has 0 aliphatic heterocycles. The number of anilines is 1. The van der Waals surface area contributed by atoms with E-state index in [-0.39, 0.29) is 0 Å². The molecule has 128 valence electrons. The maximum absolute atomic E-state index is 12.7. The van der Waals surface area contributed by atoms with Crippen molar-refractivity contribution in [1.29, 1.82) is 0 Å². The molecule has 0 atom stereocenters. The molecule has 3 aromatic rings. The lowest BCUT2D eigenvalue weighted by Crippen LogP contribution is -2.10. The number of fused-ring (bicyclic) bond motifs is 3. The number of hydrogen-bond acceptors (Lipinski definition) is 5. The second kappa shape index (κ2) is 6.15. The summed E-state index contributed by atoms with van der Waals surface area (Å²) in [6.07, 6.45) is 4.39. The standard InChI is InChI=1S/C20H20N2O2S/c1-11-7-3-6-10-15(11)24-20(23)18-17(21)16-14-9-5-4-8-13(14)12(2)22-19(16)25-18/h3,6-7,10H,4-5,8-9,21H2,1-2H3. The lowest BCUT2D eigenvalue weighted by molar-refractivity contribution is 0.0739. The number of aryl methyl sites for hydroxylation is 3. The van der Waals surface area contributed by atoms with E-state index in [1.54, 1.807) is 6.07 Å². The summed E-state index contributed by atoms with van der Waals surface area (Å²) in [6.45, 7) is 3.96. The minimum absolute atomic E-state index is 0.406. The van der Waals surface area contributed by atoms with Crippen LogP contribution in [0, 0.1) is 13.8 Å². The number of thiophene rings is 1. The number of rotatable bonds is 2. The molecule has 1 aliphatic carbocycles. The van der Waals surface area contributed by atoms with Crippen LogP contribution in [0.15, 0.2) is 24.3 Å². The normalized spacial score (nSPS) is 13.7. The summed E-state index contributed by atoms with van der Waals surface area (Å²) in [6, 6.07) is 7.48. The first-order valence-corrected chi connectivity index (χ1v) is 9.36. The molecule has 0 fully saturated rings. The molecule has 0 bridgehead atoms. The van der Waals surface area contributed by atoms with E-state index in [0.29, 0.717) is 16.3 Å². The van der Waals surface area contributed by atoms with E-state index in [0.717, 1.165) is 40.7 Å². The number of carbonyl (C=O) groups excluding carboxylic acids is 1. The van der Waals surface area contributed by atoms with E-state index >= 15 is 0 Å². The Morgan fingerprint density at radius 3 is 2.64 bits per heavy atom. The molecule has 1 aliphatic rings. The summed E-state index contributed by atoms with van der Waals surface area (Å²) in [5.74, 6) is 0.160. The first-order chi connectivity index (χ1) is 12.1. The third kappa shape index (κ3) is 2.68. The molecule has 2 heterocycles. The molecule has 2 aromatic heterocycles. The fourth-order valence-corrected chi connectivity index (χ4v) is 4.62. The minimum Gasteiger partial charge on any atom is -0.422 e. The van der Waals surface area contributed by atoms with Crippen molar-refractivity contribution in [3.8, 4) is 5.75 Å². The number of benzene rings is 1. The van der Waals surface area contributed by atoms with Crippen LogP contribution in [0.5, 0.6) is 5.75 Å². The highest BCUT2D eigenvalue weighted by molar-refractivity contribution is 7.21. The zero-order valence-corrected chi connectivity index (χ0v) is 15.2. The fourth-order valence-electron chi connectivity index (χ4n) is 3.57. The Morgan fingerprint density at radius 1 is 1.16 bits per heavy atom. The van der Waals surface area contributed by atoms with Gasteiger partial charge >= 0.3 is 5.97 Å². The number of nitrogen functional groups attached to an aromatic ring is 1. The van der Waals surface area contributed by atoms with Crippen molar-refractivity contribution in [3.63, 3.8) is 0 Å². The van der Waals surface area contributed by atoms with E-state index in [4.69, 9.17) is 15.5 Å². The Kier molecular flexibility index (Phi) is 3.96. The molecule has 0 saturated carbocycles. The van der Waals surface area contributed by atoms with Crippen LogP contribution in [0.4, 0.5) is 5.69 Å². The Bertz CT molecular complexity index is 991. The van der Waals surface area contributed by atoms with Crippen molar-refractivity contribution in [2.24, 2.45) is 0 Å². The van der Waals surface area contributed by atoms with Crippen LogP contribution in [0.25, 0.3) is 10.2 Å². The topological polar surface area (TPSA) is 65.2 Å². The van der Waals surface area contributed by atoms with Crippen molar-refractivity contribution < 1.29 is 9.53 Å². The molecule has 5 heteroatoms. The van der Waals surface area contributed by atoms with Gasteiger partial charge in [0.1, 0.15) is 15.5 Å². The first-order valence-electron chi connectivity index (χ1n) is 8.54. The number of aromatic nitrogens is 1. The van der Waals surface area contributed by atoms with Crippen molar-refractivity contribution >= 4 is 33.2 Å². The maximum Gasteiger partial charge on any atom is 0.355 e. The number of carbonyl (C=O) groups is 1. The molecule has 25 heavy (non-hydrogen) atoms.